The Balaban J connectivity index is 2.76. The largest absolute Gasteiger partial charge is 0.497 e. The number of carbonyl (C=O) groups excluding carboxylic acids is 1. The van der Waals surface area contributed by atoms with E-state index in [4.69, 9.17) is 4.74 Å². The van der Waals surface area contributed by atoms with Gasteiger partial charge in [-0.2, -0.15) is 0 Å². The molecule has 0 saturated heterocycles. The van der Waals surface area contributed by atoms with Gasteiger partial charge in [-0.05, 0) is 20.3 Å². The zero-order valence-corrected chi connectivity index (χ0v) is 8.83. The van der Waals surface area contributed by atoms with Crippen LogP contribution in [0, 0.1) is 6.92 Å². The highest BCUT2D eigenvalue weighted by atomic mass is 16.5. The highest BCUT2D eigenvalue weighted by Gasteiger charge is 2.01. The highest BCUT2D eigenvalue weighted by molar-refractivity contribution is 5.75. The van der Waals surface area contributed by atoms with Crippen LogP contribution in [0.1, 0.15) is 24.7 Å². The number of methoxy groups -OCH3 is 1. The van der Waals surface area contributed by atoms with Crippen LogP contribution in [0.15, 0.2) is 12.1 Å². The minimum atomic E-state index is 0.187. The summed E-state index contributed by atoms with van der Waals surface area (Å²) in [5.74, 6) is 0.989. The molecule has 1 heterocycles. The molecule has 0 aliphatic rings. The van der Waals surface area contributed by atoms with Crippen LogP contribution in [0.3, 0.4) is 0 Å². The molecule has 0 radical (unpaired) electrons. The maximum Gasteiger partial charge on any atom is 0.130 e. The first kappa shape index (κ1) is 10.7. The molecule has 0 aromatic carbocycles. The maximum atomic E-state index is 10.8. The molecule has 0 saturated carbocycles. The summed E-state index contributed by atoms with van der Waals surface area (Å²) in [5, 5.41) is 0. The standard InChI is InChI=1S/C11H15NO2/c1-8-6-11(14-3)7-10(12-8)5-4-9(2)13/h6-7H,4-5H2,1-3H3. The third kappa shape index (κ3) is 3.17. The minimum Gasteiger partial charge on any atom is -0.497 e. The molecule has 1 aromatic rings. The van der Waals surface area contributed by atoms with Gasteiger partial charge in [0, 0.05) is 29.9 Å². The van der Waals surface area contributed by atoms with Gasteiger partial charge in [-0.3, -0.25) is 4.98 Å². The first-order valence-electron chi connectivity index (χ1n) is 4.63. The van der Waals surface area contributed by atoms with Crippen molar-refractivity contribution in [2.75, 3.05) is 7.11 Å². The van der Waals surface area contributed by atoms with Crippen LogP contribution in [-0.4, -0.2) is 17.9 Å². The SMILES string of the molecule is COc1cc(C)nc(CCC(C)=O)c1. The molecule has 0 aliphatic carbocycles. The Kier molecular flexibility index (Phi) is 3.63. The van der Waals surface area contributed by atoms with Gasteiger partial charge < -0.3 is 9.53 Å². The van der Waals surface area contributed by atoms with Crippen molar-refractivity contribution < 1.29 is 9.53 Å². The average Bonchev–Trinajstić information content (AvgIpc) is 2.14. The fraction of sp³-hybridized carbons (Fsp3) is 0.455. The Labute approximate surface area is 84.1 Å². The van der Waals surface area contributed by atoms with Gasteiger partial charge in [0.15, 0.2) is 0 Å². The van der Waals surface area contributed by atoms with E-state index in [2.05, 4.69) is 4.98 Å². The number of aryl methyl sites for hydroxylation is 2. The smallest absolute Gasteiger partial charge is 0.130 e. The lowest BCUT2D eigenvalue weighted by atomic mass is 10.1. The molecule has 0 N–H and O–H groups in total. The van der Waals surface area contributed by atoms with E-state index in [0.717, 1.165) is 17.1 Å². The van der Waals surface area contributed by atoms with Crippen molar-refractivity contribution in [1.29, 1.82) is 0 Å². The van der Waals surface area contributed by atoms with Gasteiger partial charge in [0.1, 0.15) is 11.5 Å². The zero-order valence-electron chi connectivity index (χ0n) is 8.83. The van der Waals surface area contributed by atoms with E-state index in [1.807, 2.05) is 19.1 Å². The van der Waals surface area contributed by atoms with Gasteiger partial charge in [-0.1, -0.05) is 0 Å². The third-order valence-corrected chi connectivity index (χ3v) is 1.95. The minimum absolute atomic E-state index is 0.187. The van der Waals surface area contributed by atoms with E-state index in [9.17, 15) is 4.79 Å². The predicted octanol–water partition coefficient (Wildman–Crippen LogP) is 1.92. The lowest BCUT2D eigenvalue weighted by Crippen LogP contribution is -1.98. The monoisotopic (exact) mass is 193 g/mol. The van der Waals surface area contributed by atoms with Crippen molar-refractivity contribution >= 4 is 5.78 Å². The molecular weight excluding hydrogens is 178 g/mol. The Morgan fingerprint density at radius 3 is 2.79 bits per heavy atom. The van der Waals surface area contributed by atoms with Crippen LogP contribution >= 0.6 is 0 Å². The number of hydrogen-bond donors (Lipinski definition) is 0. The molecule has 0 atom stereocenters. The Hall–Kier alpha value is -1.38. The van der Waals surface area contributed by atoms with Gasteiger partial charge in [0.05, 0.1) is 7.11 Å². The Morgan fingerprint density at radius 1 is 1.50 bits per heavy atom. The first-order valence-corrected chi connectivity index (χ1v) is 4.63. The fourth-order valence-corrected chi connectivity index (χ4v) is 1.25. The number of carbonyl (C=O) groups is 1. The van der Waals surface area contributed by atoms with Crippen LogP contribution in [0.25, 0.3) is 0 Å². The van der Waals surface area contributed by atoms with Crippen LogP contribution in [0.5, 0.6) is 5.75 Å². The number of ether oxygens (including phenoxy) is 1. The summed E-state index contributed by atoms with van der Waals surface area (Å²) in [5.41, 5.74) is 1.83. The summed E-state index contributed by atoms with van der Waals surface area (Å²) in [4.78, 5) is 15.1. The van der Waals surface area contributed by atoms with Crippen LogP contribution in [0.2, 0.25) is 0 Å². The van der Waals surface area contributed by atoms with E-state index in [-0.39, 0.29) is 5.78 Å². The summed E-state index contributed by atoms with van der Waals surface area (Å²) in [6.07, 6.45) is 1.23. The second kappa shape index (κ2) is 4.74. The van der Waals surface area contributed by atoms with Gasteiger partial charge in [0.25, 0.3) is 0 Å². The van der Waals surface area contributed by atoms with Crippen molar-refractivity contribution in [1.82, 2.24) is 4.98 Å². The lowest BCUT2D eigenvalue weighted by molar-refractivity contribution is -0.116. The van der Waals surface area contributed by atoms with Crippen molar-refractivity contribution in [3.63, 3.8) is 0 Å². The van der Waals surface area contributed by atoms with Crippen LogP contribution in [-0.2, 0) is 11.2 Å². The molecule has 1 rings (SSSR count). The molecule has 0 spiro atoms. The number of nitrogens with zero attached hydrogens (tertiary/aromatic N) is 1. The van der Waals surface area contributed by atoms with E-state index in [1.165, 1.54) is 0 Å². The average molecular weight is 193 g/mol. The summed E-state index contributed by atoms with van der Waals surface area (Å²) < 4.78 is 5.12. The number of aromatic nitrogens is 1. The normalized spacial score (nSPS) is 9.93. The lowest BCUT2D eigenvalue weighted by Gasteiger charge is -2.04. The van der Waals surface area contributed by atoms with E-state index in [1.54, 1.807) is 14.0 Å². The maximum absolute atomic E-state index is 10.8. The van der Waals surface area contributed by atoms with Gasteiger partial charge in [-0.25, -0.2) is 0 Å². The van der Waals surface area contributed by atoms with Gasteiger partial charge in [0.2, 0.25) is 0 Å². The molecule has 0 bridgehead atoms. The summed E-state index contributed by atoms with van der Waals surface area (Å²) in [7, 11) is 1.63. The summed E-state index contributed by atoms with van der Waals surface area (Å²) >= 11 is 0. The van der Waals surface area contributed by atoms with Crippen LogP contribution in [0.4, 0.5) is 0 Å². The van der Waals surface area contributed by atoms with Gasteiger partial charge in [-0.15, -0.1) is 0 Å². The molecule has 3 nitrogen and oxygen atoms in total. The summed E-state index contributed by atoms with van der Waals surface area (Å²) in [6.45, 7) is 3.51. The second-order valence-electron chi connectivity index (χ2n) is 3.34. The molecule has 3 heteroatoms. The number of hydrogen-bond acceptors (Lipinski definition) is 3. The Bertz CT molecular complexity index is 334. The molecule has 0 unspecified atom stereocenters. The van der Waals surface area contributed by atoms with E-state index in [0.29, 0.717) is 12.8 Å². The zero-order chi connectivity index (χ0) is 10.6. The molecule has 0 aliphatic heterocycles. The highest BCUT2D eigenvalue weighted by Crippen LogP contribution is 2.14. The van der Waals surface area contributed by atoms with Gasteiger partial charge >= 0.3 is 0 Å². The second-order valence-corrected chi connectivity index (χ2v) is 3.34. The first-order chi connectivity index (χ1) is 6.61. The molecule has 76 valence electrons. The predicted molar refractivity (Wildman–Crippen MR) is 54.5 cm³/mol. The number of pyridine rings is 1. The number of Topliss-reactive ketones (excluding diaryl/α,β-unsaturated/α-hetero) is 1. The fourth-order valence-electron chi connectivity index (χ4n) is 1.25. The van der Waals surface area contributed by atoms with Crippen LogP contribution < -0.4 is 4.74 Å². The Morgan fingerprint density at radius 2 is 2.21 bits per heavy atom. The van der Waals surface area contributed by atoms with Crippen molar-refractivity contribution in [3.05, 3.63) is 23.5 Å². The topological polar surface area (TPSA) is 39.2 Å². The van der Waals surface area contributed by atoms with Crippen molar-refractivity contribution in [2.24, 2.45) is 0 Å². The molecule has 14 heavy (non-hydrogen) atoms. The number of rotatable bonds is 4. The molecular formula is C11H15NO2. The van der Waals surface area contributed by atoms with Crippen molar-refractivity contribution in [2.45, 2.75) is 26.7 Å². The molecule has 0 amide bonds. The summed E-state index contributed by atoms with van der Waals surface area (Å²) in [6, 6.07) is 3.74. The van der Waals surface area contributed by atoms with Crippen molar-refractivity contribution in [3.8, 4) is 5.75 Å². The quantitative estimate of drug-likeness (QED) is 0.733. The molecule has 0 fully saturated rings. The van der Waals surface area contributed by atoms with E-state index < -0.39 is 0 Å². The van der Waals surface area contributed by atoms with E-state index >= 15 is 0 Å². The number of ketones is 1. The third-order valence-electron chi connectivity index (χ3n) is 1.95. The molecule has 1 aromatic heterocycles.